The summed E-state index contributed by atoms with van der Waals surface area (Å²) in [7, 11) is 0. The van der Waals surface area contributed by atoms with Gasteiger partial charge in [0, 0.05) is 30.6 Å². The van der Waals surface area contributed by atoms with Crippen molar-refractivity contribution in [3.8, 4) is 5.75 Å². The van der Waals surface area contributed by atoms with Gasteiger partial charge in [-0.2, -0.15) is 0 Å². The fourth-order valence-electron chi connectivity index (χ4n) is 5.39. The summed E-state index contributed by atoms with van der Waals surface area (Å²) in [6.45, 7) is 2.54. The Bertz CT molecular complexity index is 1090. The average molecular weight is 462 g/mol. The number of carbonyl (C=O) groups excluding carboxylic acids is 3. The minimum Gasteiger partial charge on any atom is -0.489 e. The topological polar surface area (TPSA) is 87.7 Å². The largest absolute Gasteiger partial charge is 0.489 e. The van der Waals surface area contributed by atoms with E-state index in [2.05, 4.69) is 41.8 Å². The molecule has 7 nitrogen and oxygen atoms in total. The Morgan fingerprint density at radius 3 is 2.62 bits per heavy atom. The number of ether oxygens (including phenoxy) is 1. The predicted octanol–water partition coefficient (Wildman–Crippen LogP) is 3.49. The molecule has 1 saturated carbocycles. The van der Waals surface area contributed by atoms with Gasteiger partial charge >= 0.3 is 0 Å². The van der Waals surface area contributed by atoms with Crippen molar-refractivity contribution < 1.29 is 19.1 Å². The van der Waals surface area contributed by atoms with Gasteiger partial charge in [-0.1, -0.05) is 36.8 Å². The number of benzene rings is 2. The van der Waals surface area contributed by atoms with E-state index in [1.165, 1.54) is 12.0 Å². The standard InChI is InChI=1S/C27H31N3O4/c1-17(18-7-3-2-4-8-18)28-22-9-5-6-10-24(22)34-20-11-12-21-19(15-20)16-30(27(21)33)23-13-14-25(31)29-26(23)32/h2-4,7-8,11-12,15,17,22-24,28H,5-6,9-10,13-14,16H2,1H3,(H,29,31,32)/t17?,22-,23?,24+/m0/s1. The summed E-state index contributed by atoms with van der Waals surface area (Å²) in [6, 6.07) is 15.9. The van der Waals surface area contributed by atoms with E-state index in [0.717, 1.165) is 30.6 Å². The number of hydrogen-bond acceptors (Lipinski definition) is 5. The molecule has 2 aromatic carbocycles. The molecule has 7 heteroatoms. The van der Waals surface area contributed by atoms with Crippen LogP contribution in [0.4, 0.5) is 0 Å². The zero-order valence-corrected chi connectivity index (χ0v) is 19.5. The van der Waals surface area contributed by atoms with E-state index in [4.69, 9.17) is 4.74 Å². The predicted molar refractivity (Wildman–Crippen MR) is 127 cm³/mol. The Morgan fingerprint density at radius 1 is 1.03 bits per heavy atom. The normalized spacial score (nSPS) is 25.6. The smallest absolute Gasteiger partial charge is 0.255 e. The fraction of sp³-hybridized carbons (Fsp3) is 0.444. The molecule has 1 saturated heterocycles. The second kappa shape index (κ2) is 9.58. The van der Waals surface area contributed by atoms with Gasteiger partial charge in [-0.25, -0.2) is 0 Å². The third kappa shape index (κ3) is 4.57. The molecule has 34 heavy (non-hydrogen) atoms. The molecule has 2 heterocycles. The van der Waals surface area contributed by atoms with Gasteiger partial charge in [0.15, 0.2) is 0 Å². The van der Waals surface area contributed by atoms with Crippen LogP contribution < -0.4 is 15.4 Å². The lowest BCUT2D eigenvalue weighted by Crippen LogP contribution is -2.52. The summed E-state index contributed by atoms with van der Waals surface area (Å²) >= 11 is 0. The van der Waals surface area contributed by atoms with Crippen molar-refractivity contribution in [2.45, 2.75) is 76.2 Å². The number of imide groups is 1. The number of nitrogens with one attached hydrogen (secondary N) is 2. The third-order valence-corrected chi connectivity index (χ3v) is 7.25. The van der Waals surface area contributed by atoms with Crippen molar-refractivity contribution in [3.63, 3.8) is 0 Å². The summed E-state index contributed by atoms with van der Waals surface area (Å²) in [6.07, 6.45) is 5.03. The Morgan fingerprint density at radius 2 is 1.82 bits per heavy atom. The molecule has 0 bridgehead atoms. The van der Waals surface area contributed by atoms with Crippen LogP contribution in [0.25, 0.3) is 0 Å². The summed E-state index contributed by atoms with van der Waals surface area (Å²) < 4.78 is 6.46. The minimum atomic E-state index is -0.603. The van der Waals surface area contributed by atoms with Gasteiger partial charge in [-0.3, -0.25) is 19.7 Å². The highest BCUT2D eigenvalue weighted by atomic mass is 16.5. The maximum atomic E-state index is 12.9. The van der Waals surface area contributed by atoms with Crippen molar-refractivity contribution in [1.82, 2.24) is 15.5 Å². The number of carbonyl (C=O) groups is 3. The van der Waals surface area contributed by atoms with Gasteiger partial charge in [0.05, 0.1) is 0 Å². The molecule has 0 spiro atoms. The van der Waals surface area contributed by atoms with Crippen LogP contribution in [-0.2, 0) is 16.1 Å². The van der Waals surface area contributed by atoms with Crippen LogP contribution in [0.5, 0.6) is 5.75 Å². The lowest BCUT2D eigenvalue weighted by Gasteiger charge is -2.34. The zero-order chi connectivity index (χ0) is 23.7. The first-order valence-corrected chi connectivity index (χ1v) is 12.2. The number of piperidine rings is 1. The second-order valence-electron chi connectivity index (χ2n) is 9.57. The Balaban J connectivity index is 1.27. The molecular weight excluding hydrogens is 430 g/mol. The van der Waals surface area contributed by atoms with Crippen molar-refractivity contribution in [1.29, 1.82) is 0 Å². The van der Waals surface area contributed by atoms with E-state index in [0.29, 0.717) is 18.5 Å². The second-order valence-corrected chi connectivity index (χ2v) is 9.57. The van der Waals surface area contributed by atoms with E-state index in [9.17, 15) is 14.4 Å². The van der Waals surface area contributed by atoms with Gasteiger partial charge in [-0.15, -0.1) is 0 Å². The van der Waals surface area contributed by atoms with E-state index in [-0.39, 0.29) is 36.4 Å². The van der Waals surface area contributed by atoms with E-state index < -0.39 is 11.9 Å². The summed E-state index contributed by atoms with van der Waals surface area (Å²) in [5.74, 6) is -0.0801. The molecule has 3 aliphatic rings. The van der Waals surface area contributed by atoms with Crippen LogP contribution in [0, 0.1) is 0 Å². The highest BCUT2D eigenvalue weighted by Crippen LogP contribution is 2.32. The molecule has 3 amide bonds. The molecule has 2 fully saturated rings. The van der Waals surface area contributed by atoms with Gasteiger partial charge < -0.3 is 15.0 Å². The Labute approximate surface area is 199 Å². The molecule has 2 unspecified atom stereocenters. The van der Waals surface area contributed by atoms with Crippen LogP contribution >= 0.6 is 0 Å². The molecule has 0 radical (unpaired) electrons. The van der Waals surface area contributed by atoms with Crippen molar-refractivity contribution >= 4 is 17.7 Å². The van der Waals surface area contributed by atoms with Crippen LogP contribution in [0.2, 0.25) is 0 Å². The van der Waals surface area contributed by atoms with Crippen LogP contribution in [0.15, 0.2) is 48.5 Å². The summed E-state index contributed by atoms with van der Waals surface area (Å²) in [5.41, 5.74) is 2.73. The lowest BCUT2D eigenvalue weighted by molar-refractivity contribution is -0.136. The number of nitrogens with zero attached hydrogens (tertiary/aromatic N) is 1. The Kier molecular flexibility index (Phi) is 6.37. The molecule has 2 aliphatic heterocycles. The average Bonchev–Trinajstić information content (AvgIpc) is 3.16. The van der Waals surface area contributed by atoms with E-state index in [1.54, 1.807) is 11.0 Å². The highest BCUT2D eigenvalue weighted by Gasteiger charge is 2.39. The minimum absolute atomic E-state index is 0.0568. The van der Waals surface area contributed by atoms with Gasteiger partial charge in [0.1, 0.15) is 17.9 Å². The van der Waals surface area contributed by atoms with Crippen molar-refractivity contribution in [3.05, 3.63) is 65.2 Å². The lowest BCUT2D eigenvalue weighted by atomic mass is 9.91. The fourth-order valence-corrected chi connectivity index (χ4v) is 5.39. The van der Waals surface area contributed by atoms with Gasteiger partial charge in [0.2, 0.25) is 11.8 Å². The number of amides is 3. The maximum Gasteiger partial charge on any atom is 0.255 e. The first-order chi connectivity index (χ1) is 16.5. The SMILES string of the molecule is CC(N[C@H]1CCCC[C@H]1Oc1ccc2c(c1)CN(C1CCC(=O)NC1=O)C2=O)c1ccccc1. The van der Waals surface area contributed by atoms with Crippen molar-refractivity contribution in [2.24, 2.45) is 0 Å². The number of hydrogen-bond donors (Lipinski definition) is 2. The van der Waals surface area contributed by atoms with Gasteiger partial charge in [-0.05, 0) is 61.9 Å². The third-order valence-electron chi connectivity index (χ3n) is 7.25. The number of fused-ring (bicyclic) bond motifs is 1. The summed E-state index contributed by atoms with van der Waals surface area (Å²) in [5, 5.41) is 6.11. The molecule has 1 aliphatic carbocycles. The van der Waals surface area contributed by atoms with Crippen LogP contribution in [-0.4, -0.2) is 40.8 Å². The highest BCUT2D eigenvalue weighted by molar-refractivity contribution is 6.05. The first-order valence-electron chi connectivity index (χ1n) is 12.2. The van der Waals surface area contributed by atoms with Crippen molar-refractivity contribution in [2.75, 3.05) is 0 Å². The molecule has 4 atom stereocenters. The summed E-state index contributed by atoms with van der Waals surface area (Å²) in [4.78, 5) is 38.3. The van der Waals surface area contributed by atoms with Crippen LogP contribution in [0.1, 0.15) is 73.0 Å². The molecule has 2 N–H and O–H groups in total. The molecular formula is C27H31N3O4. The van der Waals surface area contributed by atoms with E-state index in [1.807, 2.05) is 18.2 Å². The van der Waals surface area contributed by atoms with E-state index >= 15 is 0 Å². The maximum absolute atomic E-state index is 12.9. The molecule has 0 aromatic heterocycles. The molecule has 5 rings (SSSR count). The monoisotopic (exact) mass is 461 g/mol. The first kappa shape index (κ1) is 22.6. The van der Waals surface area contributed by atoms with Crippen LogP contribution in [0.3, 0.4) is 0 Å². The Hall–Kier alpha value is -3.19. The quantitative estimate of drug-likeness (QED) is 0.643. The molecule has 2 aromatic rings. The number of rotatable bonds is 6. The molecule has 178 valence electrons. The van der Waals surface area contributed by atoms with Gasteiger partial charge in [0.25, 0.3) is 5.91 Å². The zero-order valence-electron chi connectivity index (χ0n) is 19.5.